The molecule has 5 rings (SSSR count). The number of fused-ring (bicyclic) bond motifs is 1. The number of amides is 3. The molecule has 0 aliphatic carbocycles. The molecule has 1 aliphatic heterocycles. The summed E-state index contributed by atoms with van der Waals surface area (Å²) in [5.41, 5.74) is 4.00. The van der Waals surface area contributed by atoms with E-state index in [-0.39, 0.29) is 10.7 Å². The second-order valence-electron chi connectivity index (χ2n) is 9.64. The molecule has 0 saturated carbocycles. The van der Waals surface area contributed by atoms with Gasteiger partial charge in [0.2, 0.25) is 5.91 Å². The Morgan fingerprint density at radius 1 is 1.00 bits per heavy atom. The lowest BCUT2D eigenvalue weighted by molar-refractivity contribution is -0.127. The number of hydrogen-bond donors (Lipinski definition) is 1. The van der Waals surface area contributed by atoms with E-state index >= 15 is 0 Å². The van der Waals surface area contributed by atoms with Crippen molar-refractivity contribution in [3.05, 3.63) is 112 Å². The minimum atomic E-state index is -0.536. The summed E-state index contributed by atoms with van der Waals surface area (Å²) in [6.07, 6.45) is 4.66. The Hall–Kier alpha value is -4.73. The molecule has 4 aromatic rings. The van der Waals surface area contributed by atoms with Crippen molar-refractivity contribution in [1.29, 1.82) is 0 Å². The molecule has 2 heterocycles. The third kappa shape index (κ3) is 6.59. The number of halogens is 1. The molecule has 0 bridgehead atoms. The summed E-state index contributed by atoms with van der Waals surface area (Å²) < 4.78 is 0. The minimum absolute atomic E-state index is 0.252. The van der Waals surface area contributed by atoms with E-state index in [0.717, 1.165) is 38.8 Å². The zero-order valence-electron chi connectivity index (χ0n) is 22.7. The summed E-state index contributed by atoms with van der Waals surface area (Å²) in [6.45, 7) is -0.425. The van der Waals surface area contributed by atoms with Gasteiger partial charge in [0.05, 0.1) is 10.4 Å². The molecule has 0 spiro atoms. The predicted molar refractivity (Wildman–Crippen MR) is 169 cm³/mol. The minimum Gasteiger partial charge on any atom is -0.378 e. The highest BCUT2D eigenvalue weighted by Crippen LogP contribution is 2.32. The van der Waals surface area contributed by atoms with E-state index in [2.05, 4.69) is 10.3 Å². The van der Waals surface area contributed by atoms with Crippen molar-refractivity contribution < 1.29 is 19.2 Å². The van der Waals surface area contributed by atoms with E-state index in [1.165, 1.54) is 6.08 Å². The average Bonchev–Trinajstić information content (AvgIpc) is 3.23. The maximum absolute atomic E-state index is 12.8. The summed E-state index contributed by atoms with van der Waals surface area (Å²) >= 11 is 7.07. The first-order valence-electron chi connectivity index (χ1n) is 12.9. The van der Waals surface area contributed by atoms with Crippen LogP contribution in [0.5, 0.6) is 0 Å². The van der Waals surface area contributed by atoms with Gasteiger partial charge in [-0.15, -0.1) is 0 Å². The number of allylic oxidation sites excluding steroid dienone is 1. The lowest BCUT2D eigenvalue weighted by Gasteiger charge is -2.13. The van der Waals surface area contributed by atoms with Gasteiger partial charge in [0.25, 0.3) is 11.1 Å². The number of benzene rings is 3. The lowest BCUT2D eigenvalue weighted by Crippen LogP contribution is -2.36. The largest absolute Gasteiger partial charge is 0.378 e. The van der Waals surface area contributed by atoms with Gasteiger partial charge in [-0.25, -0.2) is 4.98 Å². The van der Waals surface area contributed by atoms with E-state index in [1.807, 2.05) is 73.6 Å². The Bertz CT molecular complexity index is 1770. The van der Waals surface area contributed by atoms with Crippen LogP contribution in [0.25, 0.3) is 23.1 Å². The monoisotopic (exact) mass is 596 g/mol. The van der Waals surface area contributed by atoms with Gasteiger partial charge in [-0.2, -0.15) is 0 Å². The number of thioether (sulfide) groups is 1. The zero-order valence-corrected chi connectivity index (χ0v) is 24.3. The Morgan fingerprint density at radius 3 is 2.43 bits per heavy atom. The molecule has 8 nitrogen and oxygen atoms in total. The first kappa shape index (κ1) is 28.8. The Balaban J connectivity index is 1.18. The number of nitrogens with one attached hydrogen (secondary N) is 1. The van der Waals surface area contributed by atoms with E-state index in [1.54, 1.807) is 36.4 Å². The van der Waals surface area contributed by atoms with Crippen LogP contribution < -0.4 is 10.2 Å². The SMILES string of the molecule is CN(C)c1ccc(/C=C2\SC(=O)N(CC(=O)Nc3ccc(C(=O)/C=C/c4cc5ccccc5nc4Cl)cc3)C2=O)cc1. The van der Waals surface area contributed by atoms with Crippen molar-refractivity contribution in [2.75, 3.05) is 30.9 Å². The van der Waals surface area contributed by atoms with Gasteiger partial charge in [-0.05, 0) is 84.1 Å². The van der Waals surface area contributed by atoms with E-state index in [0.29, 0.717) is 22.0 Å². The van der Waals surface area contributed by atoms with Crippen LogP contribution in [-0.2, 0) is 9.59 Å². The number of para-hydroxylation sites is 1. The number of carbonyl (C=O) groups is 4. The molecule has 1 saturated heterocycles. The molecule has 0 atom stereocenters. The number of carbonyl (C=O) groups excluding carboxylic acids is 4. The second-order valence-corrected chi connectivity index (χ2v) is 11.0. The van der Waals surface area contributed by atoms with E-state index in [9.17, 15) is 19.2 Å². The molecule has 0 unspecified atom stereocenters. The number of rotatable bonds is 8. The van der Waals surface area contributed by atoms with Crippen molar-refractivity contribution in [2.45, 2.75) is 0 Å². The van der Waals surface area contributed by atoms with Crippen LogP contribution in [0.2, 0.25) is 5.15 Å². The number of ketones is 1. The van der Waals surface area contributed by atoms with Crippen LogP contribution >= 0.6 is 23.4 Å². The molecule has 10 heteroatoms. The Kier molecular flexibility index (Phi) is 8.51. The van der Waals surface area contributed by atoms with Gasteiger partial charge in [0.1, 0.15) is 11.7 Å². The first-order chi connectivity index (χ1) is 20.2. The quantitative estimate of drug-likeness (QED) is 0.140. The molecule has 1 aliphatic rings. The number of anilines is 2. The standard InChI is InChI=1S/C32H25ClN4O4S/c1-36(2)25-14-7-20(8-15-25)17-28-31(40)37(32(41)42-28)19-29(39)34-24-12-9-21(10-13-24)27(38)16-11-23-18-22-5-3-4-6-26(22)35-30(23)33/h3-18H,19H2,1-2H3,(H,34,39)/b16-11+,28-17-. The summed E-state index contributed by atoms with van der Waals surface area (Å²) in [4.78, 5) is 58.1. The molecule has 1 fully saturated rings. The Morgan fingerprint density at radius 2 is 1.71 bits per heavy atom. The van der Waals surface area contributed by atoms with Crippen molar-refractivity contribution in [3.63, 3.8) is 0 Å². The summed E-state index contributed by atoms with van der Waals surface area (Å²) in [5.74, 6) is -1.31. The van der Waals surface area contributed by atoms with Gasteiger partial charge in [0.15, 0.2) is 5.78 Å². The summed E-state index contributed by atoms with van der Waals surface area (Å²) in [5, 5.41) is 3.36. The lowest BCUT2D eigenvalue weighted by atomic mass is 10.1. The zero-order chi connectivity index (χ0) is 29.8. The molecule has 210 valence electrons. The first-order valence-corrected chi connectivity index (χ1v) is 14.1. The molecule has 0 radical (unpaired) electrons. The van der Waals surface area contributed by atoms with Crippen LogP contribution in [0.4, 0.5) is 16.2 Å². The average molecular weight is 597 g/mol. The maximum atomic E-state index is 12.8. The number of nitrogens with zero attached hydrogens (tertiary/aromatic N) is 3. The fourth-order valence-corrected chi connectivity index (χ4v) is 5.25. The fraction of sp³-hybridized carbons (Fsp3) is 0.0938. The topological polar surface area (TPSA) is 99.7 Å². The highest BCUT2D eigenvalue weighted by molar-refractivity contribution is 8.18. The van der Waals surface area contributed by atoms with E-state index < -0.39 is 23.6 Å². The van der Waals surface area contributed by atoms with Gasteiger partial charge in [0, 0.05) is 42.0 Å². The van der Waals surface area contributed by atoms with Gasteiger partial charge in [-0.1, -0.05) is 41.9 Å². The third-order valence-corrected chi connectivity index (χ3v) is 7.66. The van der Waals surface area contributed by atoms with Crippen molar-refractivity contribution in [2.24, 2.45) is 0 Å². The molecule has 3 aromatic carbocycles. The fourth-order valence-electron chi connectivity index (χ4n) is 4.21. The summed E-state index contributed by atoms with van der Waals surface area (Å²) in [7, 11) is 3.86. The second kappa shape index (κ2) is 12.4. The smallest absolute Gasteiger partial charge is 0.294 e. The molecule has 42 heavy (non-hydrogen) atoms. The maximum Gasteiger partial charge on any atom is 0.294 e. The number of hydrogen-bond acceptors (Lipinski definition) is 7. The molecule has 1 aromatic heterocycles. The van der Waals surface area contributed by atoms with Gasteiger partial charge >= 0.3 is 0 Å². The predicted octanol–water partition coefficient (Wildman–Crippen LogP) is 6.53. The third-order valence-electron chi connectivity index (χ3n) is 6.45. The highest BCUT2D eigenvalue weighted by Gasteiger charge is 2.36. The van der Waals surface area contributed by atoms with Crippen LogP contribution in [0, 0.1) is 0 Å². The number of imide groups is 1. The molecular formula is C32H25ClN4O4S. The summed E-state index contributed by atoms with van der Waals surface area (Å²) in [6, 6.07) is 23.3. The Labute approximate surface area is 251 Å². The number of pyridine rings is 1. The molecule has 3 amide bonds. The van der Waals surface area contributed by atoms with Crippen LogP contribution in [0.3, 0.4) is 0 Å². The number of aromatic nitrogens is 1. The molecular weight excluding hydrogens is 572 g/mol. The van der Waals surface area contributed by atoms with Crippen molar-refractivity contribution in [3.8, 4) is 0 Å². The van der Waals surface area contributed by atoms with Crippen molar-refractivity contribution >= 4 is 80.6 Å². The van der Waals surface area contributed by atoms with Crippen LogP contribution in [0.15, 0.2) is 89.8 Å². The van der Waals surface area contributed by atoms with Crippen LogP contribution in [-0.4, -0.2) is 53.4 Å². The highest BCUT2D eigenvalue weighted by atomic mass is 35.5. The normalized spacial score (nSPS) is 14.3. The van der Waals surface area contributed by atoms with Crippen LogP contribution in [0.1, 0.15) is 21.5 Å². The van der Waals surface area contributed by atoms with Gasteiger partial charge < -0.3 is 10.2 Å². The van der Waals surface area contributed by atoms with Crippen molar-refractivity contribution in [1.82, 2.24) is 9.88 Å². The molecule has 1 N–H and O–H groups in total. The van der Waals surface area contributed by atoms with E-state index in [4.69, 9.17) is 11.6 Å². The van der Waals surface area contributed by atoms with Gasteiger partial charge in [-0.3, -0.25) is 24.1 Å².